The summed E-state index contributed by atoms with van der Waals surface area (Å²) in [6.45, 7) is 3.61. The van der Waals surface area contributed by atoms with Crippen molar-refractivity contribution in [3.05, 3.63) is 35.9 Å². The Morgan fingerprint density at radius 1 is 1.40 bits per heavy atom. The molecule has 0 unspecified atom stereocenters. The lowest BCUT2D eigenvalue weighted by Gasteiger charge is -2.31. The summed E-state index contributed by atoms with van der Waals surface area (Å²) >= 11 is 0. The van der Waals surface area contributed by atoms with E-state index in [9.17, 15) is 9.59 Å². The van der Waals surface area contributed by atoms with Crippen molar-refractivity contribution >= 4 is 12.0 Å². The Kier molecular flexibility index (Phi) is 3.94. The molecule has 6 heteroatoms. The molecule has 0 aromatic heterocycles. The topological polar surface area (TPSA) is 81.9 Å². The van der Waals surface area contributed by atoms with Crippen LogP contribution in [0.25, 0.3) is 0 Å². The number of hydrogen-bond donors (Lipinski definition) is 1. The maximum atomic E-state index is 12.2. The van der Waals surface area contributed by atoms with Gasteiger partial charge in [-0.15, -0.1) is 0 Å². The van der Waals surface area contributed by atoms with Crippen LogP contribution < -0.4 is 5.73 Å². The monoisotopic (exact) mass is 278 g/mol. The smallest absolute Gasteiger partial charge is 0.413 e. The van der Waals surface area contributed by atoms with Crippen molar-refractivity contribution in [2.24, 2.45) is 5.73 Å². The molecule has 6 nitrogen and oxygen atoms in total. The molecule has 1 aromatic rings. The first-order valence-corrected chi connectivity index (χ1v) is 6.35. The van der Waals surface area contributed by atoms with Crippen molar-refractivity contribution in [2.75, 3.05) is 6.61 Å². The second kappa shape index (κ2) is 5.50. The fourth-order valence-electron chi connectivity index (χ4n) is 2.15. The first-order chi connectivity index (χ1) is 9.42. The molecule has 2 rings (SSSR count). The fraction of sp³-hybridized carbons (Fsp3) is 0.429. The number of primary amides is 1. The van der Waals surface area contributed by atoms with Crippen molar-refractivity contribution < 1.29 is 19.1 Å². The number of carbonyl (C=O) groups excluding carboxylic acids is 2. The van der Waals surface area contributed by atoms with E-state index in [2.05, 4.69) is 0 Å². The van der Waals surface area contributed by atoms with Gasteiger partial charge in [-0.1, -0.05) is 30.3 Å². The lowest BCUT2D eigenvalue weighted by Crippen LogP contribution is -2.52. The van der Waals surface area contributed by atoms with Gasteiger partial charge >= 0.3 is 6.09 Å². The first kappa shape index (κ1) is 14.3. The van der Waals surface area contributed by atoms with Gasteiger partial charge in [0, 0.05) is 0 Å². The lowest BCUT2D eigenvalue weighted by atomic mass is 10.2. The molecule has 1 aliphatic heterocycles. The van der Waals surface area contributed by atoms with Crippen LogP contribution in [0, 0.1) is 0 Å². The third-order valence-corrected chi connectivity index (χ3v) is 3.22. The Morgan fingerprint density at radius 2 is 2.05 bits per heavy atom. The van der Waals surface area contributed by atoms with Gasteiger partial charge in [-0.25, -0.2) is 4.79 Å². The quantitative estimate of drug-likeness (QED) is 0.902. The minimum atomic E-state index is -0.909. The minimum absolute atomic E-state index is 0.0861. The second-order valence-electron chi connectivity index (χ2n) is 5.09. The lowest BCUT2D eigenvalue weighted by molar-refractivity contribution is -0.122. The maximum absolute atomic E-state index is 12.2. The third kappa shape index (κ3) is 2.91. The van der Waals surface area contributed by atoms with E-state index in [1.165, 1.54) is 4.90 Å². The molecule has 0 bridgehead atoms. The molecule has 0 aliphatic carbocycles. The highest BCUT2D eigenvalue weighted by Crippen LogP contribution is 2.28. The highest BCUT2D eigenvalue weighted by molar-refractivity contribution is 5.85. The van der Waals surface area contributed by atoms with Crippen LogP contribution in [0.5, 0.6) is 0 Å². The van der Waals surface area contributed by atoms with Crippen LogP contribution in [-0.4, -0.2) is 35.3 Å². The van der Waals surface area contributed by atoms with Gasteiger partial charge in [0.15, 0.2) is 0 Å². The van der Waals surface area contributed by atoms with Crippen LogP contribution in [0.15, 0.2) is 30.3 Å². The maximum Gasteiger partial charge on any atom is 0.413 e. The normalized spacial score (nSPS) is 20.7. The van der Waals surface area contributed by atoms with E-state index in [1.54, 1.807) is 13.8 Å². The summed E-state index contributed by atoms with van der Waals surface area (Å²) in [7, 11) is 0. The summed E-state index contributed by atoms with van der Waals surface area (Å²) < 4.78 is 10.7. The molecule has 0 radical (unpaired) electrons. The zero-order chi connectivity index (χ0) is 14.8. The van der Waals surface area contributed by atoms with Gasteiger partial charge < -0.3 is 15.2 Å². The third-order valence-electron chi connectivity index (χ3n) is 3.22. The number of ether oxygens (including phenoxy) is 2. The molecule has 1 atom stereocenters. The molecule has 20 heavy (non-hydrogen) atoms. The molecule has 0 saturated carbocycles. The Labute approximate surface area is 117 Å². The Hall–Kier alpha value is -2.08. The molecular formula is C14H18N2O4. The highest BCUT2D eigenvalue weighted by Gasteiger charge is 2.47. The van der Waals surface area contributed by atoms with E-state index < -0.39 is 23.8 Å². The van der Waals surface area contributed by atoms with Gasteiger partial charge in [-0.3, -0.25) is 9.69 Å². The zero-order valence-corrected chi connectivity index (χ0v) is 11.5. The van der Waals surface area contributed by atoms with Crippen molar-refractivity contribution in [1.29, 1.82) is 0 Å². The number of amides is 2. The van der Waals surface area contributed by atoms with Gasteiger partial charge in [0.2, 0.25) is 5.91 Å². The van der Waals surface area contributed by atoms with Crippen LogP contribution in [0.1, 0.15) is 19.4 Å². The number of rotatable bonds is 3. The van der Waals surface area contributed by atoms with E-state index >= 15 is 0 Å². The molecule has 0 spiro atoms. The predicted molar refractivity (Wildman–Crippen MR) is 71.5 cm³/mol. The van der Waals surface area contributed by atoms with Crippen LogP contribution in [0.4, 0.5) is 4.79 Å². The van der Waals surface area contributed by atoms with Gasteiger partial charge in [0.05, 0.1) is 6.61 Å². The van der Waals surface area contributed by atoms with Gasteiger partial charge in [0.25, 0.3) is 0 Å². The van der Waals surface area contributed by atoms with Gasteiger partial charge in [0.1, 0.15) is 18.4 Å². The van der Waals surface area contributed by atoms with Crippen LogP contribution in [0.2, 0.25) is 0 Å². The van der Waals surface area contributed by atoms with Crippen molar-refractivity contribution in [3.63, 3.8) is 0 Å². The molecular weight excluding hydrogens is 260 g/mol. The molecule has 2 amide bonds. The minimum Gasteiger partial charge on any atom is -0.444 e. The largest absolute Gasteiger partial charge is 0.444 e. The summed E-state index contributed by atoms with van der Waals surface area (Å²) in [6, 6.07) is 8.51. The van der Waals surface area contributed by atoms with Crippen LogP contribution in [-0.2, 0) is 20.9 Å². The second-order valence-corrected chi connectivity index (χ2v) is 5.09. The number of nitrogens with two attached hydrogens (primary N) is 1. The summed E-state index contributed by atoms with van der Waals surface area (Å²) in [5, 5.41) is 0. The SMILES string of the molecule is CC1(C)OC[C@@H](C(N)=O)N1C(=O)OCc1ccccc1. The van der Waals surface area contributed by atoms with E-state index in [-0.39, 0.29) is 13.2 Å². The standard InChI is InChI=1S/C14H18N2O4/c1-14(2)16(11(9-20-14)12(15)17)13(18)19-8-10-6-4-3-5-7-10/h3-7,11H,8-9H2,1-2H3,(H2,15,17)/t11-/m0/s1. The van der Waals surface area contributed by atoms with Crippen LogP contribution in [0.3, 0.4) is 0 Å². The summed E-state index contributed by atoms with van der Waals surface area (Å²) in [5.74, 6) is -0.604. The average Bonchev–Trinajstić information content (AvgIpc) is 2.73. The molecule has 1 aromatic carbocycles. The molecule has 1 fully saturated rings. The van der Waals surface area contributed by atoms with Crippen LogP contribution >= 0.6 is 0 Å². The Bertz CT molecular complexity index is 501. The first-order valence-electron chi connectivity index (χ1n) is 6.35. The van der Waals surface area contributed by atoms with E-state index in [4.69, 9.17) is 15.2 Å². The average molecular weight is 278 g/mol. The molecule has 1 saturated heterocycles. The van der Waals surface area contributed by atoms with Crippen molar-refractivity contribution in [3.8, 4) is 0 Å². The van der Waals surface area contributed by atoms with Crippen molar-refractivity contribution in [1.82, 2.24) is 4.90 Å². The summed E-state index contributed by atoms with van der Waals surface area (Å²) in [6.07, 6.45) is -0.611. The van der Waals surface area contributed by atoms with E-state index in [0.29, 0.717) is 0 Å². The number of nitrogens with zero attached hydrogens (tertiary/aromatic N) is 1. The zero-order valence-electron chi connectivity index (χ0n) is 11.5. The highest BCUT2D eigenvalue weighted by atomic mass is 16.6. The predicted octanol–water partition coefficient (Wildman–Crippen LogP) is 1.25. The number of hydrogen-bond acceptors (Lipinski definition) is 4. The number of carbonyl (C=O) groups is 2. The van der Waals surface area contributed by atoms with E-state index in [1.807, 2.05) is 30.3 Å². The molecule has 108 valence electrons. The van der Waals surface area contributed by atoms with E-state index in [0.717, 1.165) is 5.56 Å². The Morgan fingerprint density at radius 3 is 2.65 bits per heavy atom. The molecule has 2 N–H and O–H groups in total. The fourth-order valence-corrected chi connectivity index (χ4v) is 2.15. The summed E-state index contributed by atoms with van der Waals surface area (Å²) in [4.78, 5) is 24.8. The molecule has 1 heterocycles. The molecule has 1 aliphatic rings. The van der Waals surface area contributed by atoms with Crippen molar-refractivity contribution in [2.45, 2.75) is 32.2 Å². The summed E-state index contributed by atoms with van der Waals surface area (Å²) in [5.41, 5.74) is 5.25. The van der Waals surface area contributed by atoms with Gasteiger partial charge in [-0.05, 0) is 19.4 Å². The number of benzene rings is 1. The van der Waals surface area contributed by atoms with Gasteiger partial charge in [-0.2, -0.15) is 0 Å². The Balaban J connectivity index is 2.04.